The predicted molar refractivity (Wildman–Crippen MR) is 102 cm³/mol. The van der Waals surface area contributed by atoms with E-state index in [0.717, 1.165) is 63.3 Å². The third-order valence-electron chi connectivity index (χ3n) is 5.73. The molecule has 0 radical (unpaired) electrons. The molecule has 2 saturated heterocycles. The summed E-state index contributed by atoms with van der Waals surface area (Å²) in [6.07, 6.45) is 4.01. The summed E-state index contributed by atoms with van der Waals surface area (Å²) < 4.78 is 0. The summed E-state index contributed by atoms with van der Waals surface area (Å²) in [6, 6.07) is 9.96. The molecule has 5 nitrogen and oxygen atoms in total. The fraction of sp³-hybridized carbons (Fsp3) is 0.619. The van der Waals surface area contributed by atoms with Crippen LogP contribution >= 0.6 is 0 Å². The average Bonchev–Trinajstić information content (AvgIpc) is 2.68. The van der Waals surface area contributed by atoms with E-state index in [1.165, 1.54) is 0 Å². The number of likely N-dealkylation sites (tertiary alicyclic amines) is 2. The molecule has 0 aliphatic carbocycles. The molecule has 0 aromatic heterocycles. The molecule has 0 atom stereocenters. The van der Waals surface area contributed by atoms with Gasteiger partial charge in [-0.2, -0.15) is 0 Å². The summed E-state index contributed by atoms with van der Waals surface area (Å²) in [4.78, 5) is 29.1. The van der Waals surface area contributed by atoms with Crippen molar-refractivity contribution in [3.8, 4) is 0 Å². The van der Waals surface area contributed by atoms with Gasteiger partial charge in [-0.3, -0.25) is 14.5 Å². The lowest BCUT2D eigenvalue weighted by molar-refractivity contribution is -0.138. The van der Waals surface area contributed by atoms with Crippen molar-refractivity contribution < 1.29 is 9.59 Å². The van der Waals surface area contributed by atoms with E-state index >= 15 is 0 Å². The summed E-state index contributed by atoms with van der Waals surface area (Å²) in [7, 11) is 0. The third kappa shape index (κ3) is 5.31. The molecule has 0 saturated carbocycles. The normalized spacial score (nSPS) is 20.1. The predicted octanol–water partition coefficient (Wildman–Crippen LogP) is 2.27. The van der Waals surface area contributed by atoms with E-state index < -0.39 is 0 Å². The summed E-state index contributed by atoms with van der Waals surface area (Å²) in [6.45, 7) is 6.77. The first-order chi connectivity index (χ1) is 12.6. The van der Waals surface area contributed by atoms with Crippen molar-refractivity contribution >= 4 is 11.8 Å². The second-order valence-corrected chi connectivity index (χ2v) is 7.82. The standard InChI is InChI=1S/C21H31N3O2/c1-17-7-13-24(14-8-17)21(26)19-9-11-23(12-10-19)16-20(25)22-15-18-5-3-2-4-6-18/h2-6,17,19H,7-16H2,1H3,(H,22,25). The topological polar surface area (TPSA) is 52.7 Å². The van der Waals surface area contributed by atoms with Crippen LogP contribution in [0, 0.1) is 11.8 Å². The van der Waals surface area contributed by atoms with Crippen molar-refractivity contribution in [1.82, 2.24) is 15.1 Å². The number of rotatable bonds is 5. The van der Waals surface area contributed by atoms with E-state index in [9.17, 15) is 9.59 Å². The lowest BCUT2D eigenvalue weighted by Crippen LogP contribution is -2.47. The summed E-state index contributed by atoms with van der Waals surface area (Å²) in [5.74, 6) is 1.29. The number of nitrogens with one attached hydrogen (secondary N) is 1. The molecule has 3 rings (SSSR count). The average molecular weight is 357 g/mol. The Labute approximate surface area is 156 Å². The number of benzene rings is 1. The van der Waals surface area contributed by atoms with Gasteiger partial charge in [0.1, 0.15) is 0 Å². The first kappa shape index (κ1) is 18.9. The van der Waals surface area contributed by atoms with Crippen LogP contribution in [0.4, 0.5) is 0 Å². The molecule has 1 aromatic rings. The lowest BCUT2D eigenvalue weighted by Gasteiger charge is -2.36. The molecule has 1 aromatic carbocycles. The Bertz CT molecular complexity index is 589. The van der Waals surface area contributed by atoms with Crippen LogP contribution in [0.15, 0.2) is 30.3 Å². The maximum absolute atomic E-state index is 12.7. The molecule has 26 heavy (non-hydrogen) atoms. The Morgan fingerprint density at radius 1 is 1.00 bits per heavy atom. The highest BCUT2D eigenvalue weighted by atomic mass is 16.2. The van der Waals surface area contributed by atoms with Gasteiger partial charge >= 0.3 is 0 Å². The molecule has 2 fully saturated rings. The molecular formula is C21H31N3O2. The SMILES string of the molecule is CC1CCN(C(=O)C2CCN(CC(=O)NCc3ccccc3)CC2)CC1. The fourth-order valence-electron chi connectivity index (χ4n) is 3.88. The molecular weight excluding hydrogens is 326 g/mol. The summed E-state index contributed by atoms with van der Waals surface area (Å²) in [5.41, 5.74) is 1.11. The van der Waals surface area contributed by atoms with Crippen molar-refractivity contribution in [3.05, 3.63) is 35.9 Å². The largest absolute Gasteiger partial charge is 0.351 e. The Hall–Kier alpha value is -1.88. The molecule has 2 aliphatic rings. The number of hydrogen-bond acceptors (Lipinski definition) is 3. The van der Waals surface area contributed by atoms with Crippen molar-refractivity contribution in [2.24, 2.45) is 11.8 Å². The van der Waals surface area contributed by atoms with Gasteiger partial charge in [0.25, 0.3) is 0 Å². The maximum atomic E-state index is 12.7. The van der Waals surface area contributed by atoms with Crippen molar-refractivity contribution in [3.63, 3.8) is 0 Å². The fourth-order valence-corrected chi connectivity index (χ4v) is 3.88. The summed E-state index contributed by atoms with van der Waals surface area (Å²) >= 11 is 0. The van der Waals surface area contributed by atoms with Crippen LogP contribution in [0.5, 0.6) is 0 Å². The van der Waals surface area contributed by atoms with Gasteiger partial charge in [0.15, 0.2) is 0 Å². The monoisotopic (exact) mass is 357 g/mol. The van der Waals surface area contributed by atoms with E-state index in [2.05, 4.69) is 22.0 Å². The molecule has 0 spiro atoms. The minimum Gasteiger partial charge on any atom is -0.351 e. The zero-order chi connectivity index (χ0) is 18.4. The van der Waals surface area contributed by atoms with Crippen LogP contribution in [0.2, 0.25) is 0 Å². The minimum atomic E-state index is 0.0589. The first-order valence-electron chi connectivity index (χ1n) is 9.93. The van der Waals surface area contributed by atoms with Gasteiger partial charge in [-0.05, 0) is 50.3 Å². The molecule has 1 N–H and O–H groups in total. The van der Waals surface area contributed by atoms with Gasteiger partial charge in [0.05, 0.1) is 6.54 Å². The highest BCUT2D eigenvalue weighted by Gasteiger charge is 2.30. The van der Waals surface area contributed by atoms with Crippen molar-refractivity contribution in [2.75, 3.05) is 32.7 Å². The first-order valence-corrected chi connectivity index (χ1v) is 9.93. The van der Waals surface area contributed by atoms with Crippen LogP contribution in [0.1, 0.15) is 38.2 Å². The number of nitrogens with zero attached hydrogens (tertiary/aromatic N) is 2. The third-order valence-corrected chi connectivity index (χ3v) is 5.73. The van der Waals surface area contributed by atoms with Crippen LogP contribution < -0.4 is 5.32 Å². The van der Waals surface area contributed by atoms with Gasteiger partial charge < -0.3 is 10.2 Å². The van der Waals surface area contributed by atoms with E-state index in [1.807, 2.05) is 30.3 Å². The second-order valence-electron chi connectivity index (χ2n) is 7.82. The number of carbonyl (C=O) groups excluding carboxylic acids is 2. The second kappa shape index (κ2) is 9.17. The number of carbonyl (C=O) groups is 2. The Morgan fingerprint density at radius 3 is 2.31 bits per heavy atom. The van der Waals surface area contributed by atoms with E-state index in [1.54, 1.807) is 0 Å². The lowest BCUT2D eigenvalue weighted by atomic mass is 9.92. The molecule has 2 heterocycles. The zero-order valence-corrected chi connectivity index (χ0v) is 15.8. The van der Waals surface area contributed by atoms with Crippen molar-refractivity contribution in [1.29, 1.82) is 0 Å². The number of hydrogen-bond donors (Lipinski definition) is 1. The van der Waals surface area contributed by atoms with Gasteiger partial charge in [-0.15, -0.1) is 0 Å². The Kier molecular flexibility index (Phi) is 6.67. The highest BCUT2D eigenvalue weighted by molar-refractivity contribution is 5.79. The Balaban J connectivity index is 1.36. The summed E-state index contributed by atoms with van der Waals surface area (Å²) in [5, 5.41) is 2.98. The zero-order valence-electron chi connectivity index (χ0n) is 15.8. The van der Waals surface area contributed by atoms with E-state index in [4.69, 9.17) is 0 Å². The number of piperidine rings is 2. The van der Waals surface area contributed by atoms with Crippen LogP contribution in [-0.4, -0.2) is 54.3 Å². The molecule has 142 valence electrons. The smallest absolute Gasteiger partial charge is 0.234 e. The van der Waals surface area contributed by atoms with Gasteiger partial charge in [-0.25, -0.2) is 0 Å². The molecule has 5 heteroatoms. The van der Waals surface area contributed by atoms with Crippen LogP contribution in [0.3, 0.4) is 0 Å². The van der Waals surface area contributed by atoms with E-state index in [0.29, 0.717) is 19.0 Å². The quantitative estimate of drug-likeness (QED) is 0.880. The van der Waals surface area contributed by atoms with Crippen molar-refractivity contribution in [2.45, 2.75) is 39.2 Å². The maximum Gasteiger partial charge on any atom is 0.234 e. The molecule has 2 amide bonds. The van der Waals surface area contributed by atoms with Gasteiger partial charge in [0.2, 0.25) is 11.8 Å². The van der Waals surface area contributed by atoms with Crippen LogP contribution in [0.25, 0.3) is 0 Å². The van der Waals surface area contributed by atoms with Gasteiger partial charge in [0, 0.05) is 25.6 Å². The number of amides is 2. The van der Waals surface area contributed by atoms with Crippen LogP contribution in [-0.2, 0) is 16.1 Å². The van der Waals surface area contributed by atoms with Gasteiger partial charge in [-0.1, -0.05) is 37.3 Å². The molecule has 0 unspecified atom stereocenters. The van der Waals surface area contributed by atoms with E-state index in [-0.39, 0.29) is 11.8 Å². The highest BCUT2D eigenvalue weighted by Crippen LogP contribution is 2.23. The molecule has 0 bridgehead atoms. The minimum absolute atomic E-state index is 0.0589. The molecule has 2 aliphatic heterocycles. The Morgan fingerprint density at radius 2 is 1.65 bits per heavy atom.